The Morgan fingerprint density at radius 1 is 1.53 bits per heavy atom. The number of hydrogen-bond acceptors (Lipinski definition) is 4. The smallest absolute Gasteiger partial charge is 0.184 e. The number of nitrogens with one attached hydrogen (secondary N) is 1. The van der Waals surface area contributed by atoms with Crippen molar-refractivity contribution in [2.24, 2.45) is 10.8 Å². The van der Waals surface area contributed by atoms with Crippen LogP contribution in [0.2, 0.25) is 0 Å². The molecular formula is C12H16IN3O2S. The fraction of sp³-hybridized carbons (Fsp3) is 0.333. The van der Waals surface area contributed by atoms with E-state index in [2.05, 4.69) is 45.3 Å². The van der Waals surface area contributed by atoms with Gasteiger partial charge in [0.1, 0.15) is 0 Å². The minimum absolute atomic E-state index is 0.0817. The maximum Gasteiger partial charge on any atom is 0.184 e. The summed E-state index contributed by atoms with van der Waals surface area (Å²) < 4.78 is 12.0. The fourth-order valence-corrected chi connectivity index (χ4v) is 2.14. The summed E-state index contributed by atoms with van der Waals surface area (Å²) in [6, 6.07) is 3.77. The number of hydrazone groups is 1. The van der Waals surface area contributed by atoms with Gasteiger partial charge in [-0.3, -0.25) is 5.43 Å². The Hall–Kier alpha value is -1.09. The first-order valence-electron chi connectivity index (χ1n) is 5.56. The van der Waals surface area contributed by atoms with Gasteiger partial charge in [-0.1, -0.05) is 0 Å². The zero-order valence-corrected chi connectivity index (χ0v) is 13.9. The molecule has 0 bridgehead atoms. The van der Waals surface area contributed by atoms with Crippen molar-refractivity contribution in [3.63, 3.8) is 0 Å². The van der Waals surface area contributed by atoms with E-state index in [0.29, 0.717) is 5.75 Å². The molecule has 0 saturated carbocycles. The minimum Gasteiger partial charge on any atom is -0.493 e. The average molecular weight is 393 g/mol. The van der Waals surface area contributed by atoms with Crippen LogP contribution in [0.4, 0.5) is 0 Å². The summed E-state index contributed by atoms with van der Waals surface area (Å²) in [6.45, 7) is 3.94. The number of thiocarbonyl (C=S) groups is 1. The van der Waals surface area contributed by atoms with Crippen molar-refractivity contribution >= 4 is 46.1 Å². The van der Waals surface area contributed by atoms with Gasteiger partial charge >= 0.3 is 0 Å². The molecule has 0 fully saturated rings. The van der Waals surface area contributed by atoms with Crippen LogP contribution in [0.15, 0.2) is 17.2 Å². The van der Waals surface area contributed by atoms with Gasteiger partial charge in [0.2, 0.25) is 0 Å². The van der Waals surface area contributed by atoms with Gasteiger partial charge in [0.15, 0.2) is 16.6 Å². The molecule has 104 valence electrons. The van der Waals surface area contributed by atoms with Crippen molar-refractivity contribution in [1.82, 2.24) is 5.43 Å². The Labute approximate surface area is 131 Å². The van der Waals surface area contributed by atoms with Crippen LogP contribution < -0.4 is 20.6 Å². The summed E-state index contributed by atoms with van der Waals surface area (Å²) in [4.78, 5) is 0. The first kappa shape index (κ1) is 16.0. The van der Waals surface area contributed by atoms with E-state index < -0.39 is 0 Å². The average Bonchev–Trinajstić information content (AvgIpc) is 2.31. The maximum absolute atomic E-state index is 5.73. The molecule has 0 aromatic heterocycles. The predicted molar refractivity (Wildman–Crippen MR) is 89.0 cm³/mol. The van der Waals surface area contributed by atoms with E-state index in [1.165, 1.54) is 0 Å². The largest absolute Gasteiger partial charge is 0.493 e. The lowest BCUT2D eigenvalue weighted by Gasteiger charge is -2.15. The van der Waals surface area contributed by atoms with Crippen LogP contribution in [0.25, 0.3) is 0 Å². The Balaban J connectivity index is 3.01. The normalized spacial score (nSPS) is 10.8. The van der Waals surface area contributed by atoms with Crippen LogP contribution in [0.1, 0.15) is 19.4 Å². The lowest BCUT2D eigenvalue weighted by molar-refractivity contribution is 0.228. The molecule has 0 saturated heterocycles. The van der Waals surface area contributed by atoms with E-state index in [-0.39, 0.29) is 11.2 Å². The Bertz CT molecular complexity index is 492. The van der Waals surface area contributed by atoms with Crippen molar-refractivity contribution < 1.29 is 9.47 Å². The van der Waals surface area contributed by atoms with Crippen LogP contribution in [-0.4, -0.2) is 24.5 Å². The summed E-state index contributed by atoms with van der Waals surface area (Å²) in [5.41, 5.74) is 8.65. The van der Waals surface area contributed by atoms with Gasteiger partial charge in [-0.15, -0.1) is 0 Å². The Kier molecular flexibility index (Phi) is 6.29. The molecule has 7 heteroatoms. The number of methoxy groups -OCH3 is 1. The van der Waals surface area contributed by atoms with Crippen molar-refractivity contribution in [3.05, 3.63) is 21.3 Å². The van der Waals surface area contributed by atoms with Crippen molar-refractivity contribution in [1.29, 1.82) is 0 Å². The number of ether oxygens (including phenoxy) is 2. The third kappa shape index (κ3) is 5.19. The highest BCUT2D eigenvalue weighted by Crippen LogP contribution is 2.34. The third-order valence-corrected chi connectivity index (χ3v) is 2.89. The highest BCUT2D eigenvalue weighted by molar-refractivity contribution is 14.1. The summed E-state index contributed by atoms with van der Waals surface area (Å²) in [5.74, 6) is 1.40. The summed E-state index contributed by atoms with van der Waals surface area (Å²) in [6.07, 6.45) is 1.70. The molecule has 0 spiro atoms. The predicted octanol–water partition coefficient (Wildman–Crippen LogP) is 2.25. The van der Waals surface area contributed by atoms with E-state index in [1.54, 1.807) is 13.3 Å². The van der Waals surface area contributed by atoms with Crippen LogP contribution >= 0.6 is 34.8 Å². The van der Waals surface area contributed by atoms with Gasteiger partial charge in [0, 0.05) is 0 Å². The van der Waals surface area contributed by atoms with E-state index in [9.17, 15) is 0 Å². The Morgan fingerprint density at radius 3 is 2.74 bits per heavy atom. The first-order valence-corrected chi connectivity index (χ1v) is 7.05. The zero-order valence-electron chi connectivity index (χ0n) is 10.9. The Morgan fingerprint density at radius 2 is 2.21 bits per heavy atom. The monoisotopic (exact) mass is 393 g/mol. The van der Waals surface area contributed by atoms with E-state index in [0.717, 1.165) is 14.9 Å². The second-order valence-corrected chi connectivity index (χ2v) is 5.54. The van der Waals surface area contributed by atoms with Gasteiger partial charge in [-0.05, 0) is 66.4 Å². The van der Waals surface area contributed by atoms with Gasteiger partial charge < -0.3 is 15.2 Å². The lowest BCUT2D eigenvalue weighted by Crippen LogP contribution is -2.24. The molecular weight excluding hydrogens is 377 g/mol. The van der Waals surface area contributed by atoms with E-state index >= 15 is 0 Å². The van der Waals surface area contributed by atoms with Crippen LogP contribution in [0.3, 0.4) is 0 Å². The number of rotatable bonds is 5. The molecule has 3 N–H and O–H groups in total. The first-order chi connectivity index (χ1) is 8.93. The molecule has 0 radical (unpaired) electrons. The third-order valence-electron chi connectivity index (χ3n) is 1.99. The van der Waals surface area contributed by atoms with Gasteiger partial charge in [0.25, 0.3) is 0 Å². The van der Waals surface area contributed by atoms with Crippen molar-refractivity contribution in [2.45, 2.75) is 20.0 Å². The quantitative estimate of drug-likeness (QED) is 0.348. The van der Waals surface area contributed by atoms with Crippen molar-refractivity contribution in [2.75, 3.05) is 7.11 Å². The fourth-order valence-electron chi connectivity index (χ4n) is 1.33. The van der Waals surface area contributed by atoms with Gasteiger partial charge in [-0.25, -0.2) is 0 Å². The number of nitrogens with zero attached hydrogens (tertiary/aromatic N) is 1. The van der Waals surface area contributed by atoms with Crippen molar-refractivity contribution in [3.8, 4) is 11.5 Å². The topological polar surface area (TPSA) is 68.9 Å². The number of hydrogen-bond donors (Lipinski definition) is 2. The second-order valence-electron chi connectivity index (χ2n) is 3.93. The molecule has 5 nitrogen and oxygen atoms in total. The lowest BCUT2D eigenvalue weighted by atomic mass is 10.2. The zero-order chi connectivity index (χ0) is 14.4. The van der Waals surface area contributed by atoms with Crippen LogP contribution in [-0.2, 0) is 0 Å². The van der Waals surface area contributed by atoms with Crippen LogP contribution in [0, 0.1) is 3.57 Å². The maximum atomic E-state index is 5.73. The molecule has 0 unspecified atom stereocenters. The second kappa shape index (κ2) is 7.49. The molecule has 0 aliphatic heterocycles. The number of benzene rings is 1. The standard InChI is InChI=1S/C12H16IN3O2S/c1-7(2)18-11-9(13)4-8(5-10(11)17-3)6-15-16-12(14)19/h4-7H,1-3H3,(H3,14,16,19)/b15-6+. The molecule has 1 aromatic rings. The molecule has 1 aromatic carbocycles. The SMILES string of the molecule is COc1cc(/C=N/NC(N)=S)cc(I)c1OC(C)C. The molecule has 0 aliphatic carbocycles. The van der Waals surface area contributed by atoms with Gasteiger partial charge in [-0.2, -0.15) is 5.10 Å². The summed E-state index contributed by atoms with van der Waals surface area (Å²) in [7, 11) is 1.60. The molecule has 19 heavy (non-hydrogen) atoms. The van der Waals surface area contributed by atoms with Gasteiger partial charge in [0.05, 0.1) is 23.0 Å². The highest BCUT2D eigenvalue weighted by atomic mass is 127. The molecule has 0 atom stereocenters. The highest BCUT2D eigenvalue weighted by Gasteiger charge is 2.12. The number of nitrogens with two attached hydrogens (primary N) is 1. The molecule has 0 heterocycles. The van der Waals surface area contributed by atoms with Crippen LogP contribution in [0.5, 0.6) is 11.5 Å². The molecule has 0 aliphatic rings. The molecule has 0 amide bonds. The molecule has 1 rings (SSSR count). The number of halogens is 1. The summed E-state index contributed by atoms with van der Waals surface area (Å²) in [5, 5.41) is 4.03. The summed E-state index contributed by atoms with van der Waals surface area (Å²) >= 11 is 6.86. The minimum atomic E-state index is 0.0817. The van der Waals surface area contributed by atoms with E-state index in [4.69, 9.17) is 15.2 Å². The van der Waals surface area contributed by atoms with E-state index in [1.807, 2.05) is 26.0 Å².